The first-order valence-electron chi connectivity index (χ1n) is 7.36. The monoisotopic (exact) mass is 300 g/mol. The average Bonchev–Trinajstić information content (AvgIpc) is 3.21. The zero-order valence-corrected chi connectivity index (χ0v) is 12.2. The number of nitrogens with zero attached hydrogens (tertiary/aromatic N) is 4. The Hall–Kier alpha value is -2.28. The van der Waals surface area contributed by atoms with E-state index >= 15 is 0 Å². The molecule has 0 spiro atoms. The minimum atomic E-state index is -0.150. The molecule has 2 aliphatic rings. The zero-order chi connectivity index (χ0) is 15.1. The highest BCUT2D eigenvalue weighted by atomic mass is 16.5. The molecule has 2 saturated heterocycles. The van der Waals surface area contributed by atoms with E-state index in [4.69, 9.17) is 9.26 Å². The Morgan fingerprint density at radius 3 is 2.95 bits per heavy atom. The smallest absolute Gasteiger partial charge is 0.272 e. The van der Waals surface area contributed by atoms with Crippen molar-refractivity contribution in [2.75, 3.05) is 13.1 Å². The van der Waals surface area contributed by atoms with E-state index in [2.05, 4.69) is 15.1 Å². The van der Waals surface area contributed by atoms with Crippen molar-refractivity contribution < 1.29 is 14.1 Å². The first kappa shape index (κ1) is 13.4. The van der Waals surface area contributed by atoms with Crippen LogP contribution in [0.3, 0.4) is 0 Å². The predicted molar refractivity (Wildman–Crippen MR) is 74.9 cm³/mol. The number of amides is 1. The van der Waals surface area contributed by atoms with Crippen molar-refractivity contribution in [3.63, 3.8) is 0 Å². The van der Waals surface area contributed by atoms with Crippen molar-refractivity contribution in [2.24, 2.45) is 5.92 Å². The Labute approximate surface area is 127 Å². The Bertz CT molecular complexity index is 673. The number of pyridine rings is 1. The van der Waals surface area contributed by atoms with Crippen molar-refractivity contribution >= 4 is 5.91 Å². The van der Waals surface area contributed by atoms with E-state index in [1.807, 2.05) is 11.0 Å². The molecule has 2 aromatic heterocycles. The summed E-state index contributed by atoms with van der Waals surface area (Å²) in [6, 6.07) is 5.36. The van der Waals surface area contributed by atoms with Gasteiger partial charge in [-0.1, -0.05) is 11.2 Å². The number of carbonyl (C=O) groups is 1. The van der Waals surface area contributed by atoms with Gasteiger partial charge >= 0.3 is 0 Å². The Morgan fingerprint density at radius 1 is 1.36 bits per heavy atom. The summed E-state index contributed by atoms with van der Waals surface area (Å²) in [7, 11) is 0. The molecule has 0 bridgehead atoms. The number of likely N-dealkylation sites (tertiary alicyclic amines) is 1. The lowest BCUT2D eigenvalue weighted by molar-refractivity contribution is 0.0199. The number of ether oxygens (including phenoxy) is 1. The van der Waals surface area contributed by atoms with Gasteiger partial charge in [0.25, 0.3) is 11.8 Å². The minimum Gasteiger partial charge on any atom is -0.363 e. The average molecular weight is 300 g/mol. The fourth-order valence-corrected chi connectivity index (χ4v) is 3.18. The molecule has 114 valence electrons. The highest BCUT2D eigenvalue weighted by Crippen LogP contribution is 2.40. The SMILES string of the molecule is Cc1noc([C@@H]2C[C@@H]3CN(C(=O)c4ccccn4)C[C@@H]3O2)n1. The molecule has 22 heavy (non-hydrogen) atoms. The third kappa shape index (κ3) is 2.27. The molecule has 0 aromatic carbocycles. The van der Waals surface area contributed by atoms with Crippen LogP contribution < -0.4 is 0 Å². The van der Waals surface area contributed by atoms with Crippen LogP contribution in [-0.4, -0.2) is 45.1 Å². The molecule has 1 amide bonds. The third-order valence-corrected chi connectivity index (χ3v) is 4.23. The lowest BCUT2D eigenvalue weighted by Crippen LogP contribution is -2.31. The maximum Gasteiger partial charge on any atom is 0.272 e. The highest BCUT2D eigenvalue weighted by Gasteiger charge is 2.45. The van der Waals surface area contributed by atoms with Crippen molar-refractivity contribution in [1.82, 2.24) is 20.0 Å². The Morgan fingerprint density at radius 2 is 2.27 bits per heavy atom. The van der Waals surface area contributed by atoms with E-state index in [-0.39, 0.29) is 18.1 Å². The highest BCUT2D eigenvalue weighted by molar-refractivity contribution is 5.92. The van der Waals surface area contributed by atoms with Gasteiger partial charge in [-0.3, -0.25) is 9.78 Å². The summed E-state index contributed by atoms with van der Waals surface area (Å²) in [5, 5.41) is 3.80. The van der Waals surface area contributed by atoms with Crippen molar-refractivity contribution in [2.45, 2.75) is 25.6 Å². The molecule has 4 rings (SSSR count). The molecule has 2 aromatic rings. The number of aromatic nitrogens is 3. The second-order valence-electron chi connectivity index (χ2n) is 5.76. The third-order valence-electron chi connectivity index (χ3n) is 4.23. The Balaban J connectivity index is 1.42. The minimum absolute atomic E-state index is 0.0323. The number of fused-ring (bicyclic) bond motifs is 1. The van der Waals surface area contributed by atoms with Gasteiger partial charge in [0.1, 0.15) is 11.8 Å². The number of carbonyl (C=O) groups excluding carboxylic acids is 1. The van der Waals surface area contributed by atoms with Gasteiger partial charge in [-0.15, -0.1) is 0 Å². The molecule has 0 N–H and O–H groups in total. The van der Waals surface area contributed by atoms with Gasteiger partial charge in [-0.2, -0.15) is 4.98 Å². The van der Waals surface area contributed by atoms with Crippen LogP contribution in [0.25, 0.3) is 0 Å². The van der Waals surface area contributed by atoms with Crippen LogP contribution in [-0.2, 0) is 4.74 Å². The van der Waals surface area contributed by atoms with Crippen LogP contribution in [0, 0.1) is 12.8 Å². The number of hydrogen-bond acceptors (Lipinski definition) is 6. The summed E-state index contributed by atoms with van der Waals surface area (Å²) in [4.78, 5) is 22.6. The molecule has 2 aliphatic heterocycles. The largest absolute Gasteiger partial charge is 0.363 e. The maximum absolute atomic E-state index is 12.4. The van der Waals surface area contributed by atoms with E-state index in [0.717, 1.165) is 6.42 Å². The van der Waals surface area contributed by atoms with Gasteiger partial charge in [0, 0.05) is 25.2 Å². The number of hydrogen-bond donors (Lipinski definition) is 0. The van der Waals surface area contributed by atoms with Crippen molar-refractivity contribution in [3.05, 3.63) is 41.8 Å². The van der Waals surface area contributed by atoms with Gasteiger partial charge in [0.2, 0.25) is 0 Å². The molecule has 4 heterocycles. The summed E-state index contributed by atoms with van der Waals surface area (Å²) in [6.07, 6.45) is 2.32. The van der Waals surface area contributed by atoms with Crippen molar-refractivity contribution in [3.8, 4) is 0 Å². The van der Waals surface area contributed by atoms with Crippen molar-refractivity contribution in [1.29, 1.82) is 0 Å². The molecule has 0 saturated carbocycles. The molecule has 2 fully saturated rings. The maximum atomic E-state index is 12.4. The zero-order valence-electron chi connectivity index (χ0n) is 12.2. The standard InChI is InChI=1S/C15H16N4O3/c1-9-17-14(22-18-9)12-6-10-7-19(8-13(10)21-12)15(20)11-4-2-3-5-16-11/h2-5,10,12-13H,6-8H2,1H3/t10-,12+,13+/m1/s1. The van der Waals surface area contributed by atoms with Gasteiger partial charge < -0.3 is 14.2 Å². The van der Waals surface area contributed by atoms with E-state index < -0.39 is 0 Å². The van der Waals surface area contributed by atoms with E-state index in [1.165, 1.54) is 0 Å². The normalized spacial score (nSPS) is 27.1. The summed E-state index contributed by atoms with van der Waals surface area (Å²) in [5.74, 6) is 1.42. The van der Waals surface area contributed by atoms with E-state index in [1.54, 1.807) is 25.3 Å². The summed E-state index contributed by atoms with van der Waals surface area (Å²) in [6.45, 7) is 3.06. The fraction of sp³-hybridized carbons (Fsp3) is 0.467. The van der Waals surface area contributed by atoms with E-state index in [9.17, 15) is 4.79 Å². The van der Waals surface area contributed by atoms with Gasteiger partial charge in [0.15, 0.2) is 5.82 Å². The summed E-state index contributed by atoms with van der Waals surface area (Å²) >= 11 is 0. The fourth-order valence-electron chi connectivity index (χ4n) is 3.18. The first-order chi connectivity index (χ1) is 10.7. The predicted octanol–water partition coefficient (Wildman–Crippen LogP) is 1.38. The quantitative estimate of drug-likeness (QED) is 0.833. The summed E-state index contributed by atoms with van der Waals surface area (Å²) < 4.78 is 11.2. The van der Waals surface area contributed by atoms with Gasteiger partial charge in [-0.25, -0.2) is 0 Å². The molecule has 0 radical (unpaired) electrons. The van der Waals surface area contributed by atoms with E-state index in [0.29, 0.717) is 36.4 Å². The molecule has 7 nitrogen and oxygen atoms in total. The Kier molecular flexibility index (Phi) is 3.15. The van der Waals surface area contributed by atoms with Crippen LogP contribution >= 0.6 is 0 Å². The molecule has 7 heteroatoms. The second-order valence-corrected chi connectivity index (χ2v) is 5.76. The lowest BCUT2D eigenvalue weighted by Gasteiger charge is -2.17. The van der Waals surface area contributed by atoms with Crippen LogP contribution in [0.1, 0.15) is 34.7 Å². The lowest BCUT2D eigenvalue weighted by atomic mass is 10.0. The van der Waals surface area contributed by atoms with Gasteiger partial charge in [0.05, 0.1) is 6.10 Å². The van der Waals surface area contributed by atoms with Crippen LogP contribution in [0.4, 0.5) is 0 Å². The molecule has 0 unspecified atom stereocenters. The van der Waals surface area contributed by atoms with Crippen LogP contribution in [0.2, 0.25) is 0 Å². The second kappa shape index (κ2) is 5.17. The molecular formula is C15H16N4O3. The van der Waals surface area contributed by atoms with Gasteiger partial charge in [-0.05, 0) is 25.5 Å². The topological polar surface area (TPSA) is 81.4 Å². The van der Waals surface area contributed by atoms with Crippen LogP contribution in [0.5, 0.6) is 0 Å². The molecular weight excluding hydrogens is 284 g/mol. The number of aryl methyl sites for hydroxylation is 1. The van der Waals surface area contributed by atoms with Crippen LogP contribution in [0.15, 0.2) is 28.9 Å². The molecule has 0 aliphatic carbocycles. The number of rotatable bonds is 2. The molecule has 3 atom stereocenters. The summed E-state index contributed by atoms with van der Waals surface area (Å²) in [5.41, 5.74) is 0.478. The first-order valence-corrected chi connectivity index (χ1v) is 7.36.